The fourth-order valence-electron chi connectivity index (χ4n) is 3.57. The quantitative estimate of drug-likeness (QED) is 0.685. The molecule has 31 heavy (non-hydrogen) atoms. The molecule has 9 heteroatoms. The smallest absolute Gasteiger partial charge is 0.331 e. The molecule has 0 saturated carbocycles. The third kappa shape index (κ3) is 5.61. The molecule has 2 heterocycles. The highest BCUT2D eigenvalue weighted by atomic mass is 16.6. The molecule has 1 aromatic carbocycles. The fraction of sp³-hybridized carbons (Fsp3) is 0.545. The summed E-state index contributed by atoms with van der Waals surface area (Å²) in [5.41, 5.74) is -0.657. The van der Waals surface area contributed by atoms with E-state index in [9.17, 15) is 14.4 Å². The number of nitrogens with zero attached hydrogens (tertiary/aromatic N) is 2. The van der Waals surface area contributed by atoms with Gasteiger partial charge in [0.05, 0.1) is 31.4 Å². The van der Waals surface area contributed by atoms with Crippen molar-refractivity contribution < 1.29 is 28.6 Å². The first-order valence-electron chi connectivity index (χ1n) is 10.2. The number of carbonyl (C=O) groups excluding carboxylic acids is 3. The Hall–Kier alpha value is -2.94. The van der Waals surface area contributed by atoms with Gasteiger partial charge in [-0.2, -0.15) is 5.10 Å². The van der Waals surface area contributed by atoms with Crippen LogP contribution in [-0.2, 0) is 28.6 Å². The maximum absolute atomic E-state index is 13.1. The molecule has 168 valence electrons. The van der Waals surface area contributed by atoms with Crippen LogP contribution in [0.1, 0.15) is 40.0 Å². The van der Waals surface area contributed by atoms with E-state index in [1.807, 2.05) is 30.3 Å². The zero-order valence-electron chi connectivity index (χ0n) is 18.3. The zero-order valence-corrected chi connectivity index (χ0v) is 18.3. The number of nitrogens with one attached hydrogen (secondary N) is 1. The molecule has 1 amide bonds. The van der Waals surface area contributed by atoms with Gasteiger partial charge in [-0.3, -0.25) is 14.6 Å². The first-order valence-corrected chi connectivity index (χ1v) is 10.2. The lowest BCUT2D eigenvalue weighted by Gasteiger charge is -2.27. The molecule has 1 N–H and O–H groups in total. The summed E-state index contributed by atoms with van der Waals surface area (Å²) in [5, 5.41) is 8.86. The number of esters is 2. The van der Waals surface area contributed by atoms with Crippen LogP contribution in [0.5, 0.6) is 0 Å². The van der Waals surface area contributed by atoms with Gasteiger partial charge in [-0.1, -0.05) is 18.2 Å². The first-order chi connectivity index (χ1) is 14.6. The summed E-state index contributed by atoms with van der Waals surface area (Å²) in [6, 6.07) is 8.37. The lowest BCUT2D eigenvalue weighted by atomic mass is 9.93. The second-order valence-electron chi connectivity index (χ2n) is 8.77. The van der Waals surface area contributed by atoms with Crippen molar-refractivity contribution in [2.24, 2.45) is 5.10 Å². The van der Waals surface area contributed by atoms with Crippen LogP contribution in [0, 0.1) is 0 Å². The van der Waals surface area contributed by atoms with Crippen molar-refractivity contribution in [1.29, 1.82) is 0 Å². The normalized spacial score (nSPS) is 23.3. The van der Waals surface area contributed by atoms with Crippen LogP contribution in [0.2, 0.25) is 0 Å². The predicted octanol–water partition coefficient (Wildman–Crippen LogP) is 1.80. The lowest BCUT2D eigenvalue weighted by Crippen LogP contribution is -2.52. The van der Waals surface area contributed by atoms with E-state index in [4.69, 9.17) is 14.2 Å². The maximum atomic E-state index is 13.1. The summed E-state index contributed by atoms with van der Waals surface area (Å²) >= 11 is 0. The van der Waals surface area contributed by atoms with Crippen LogP contribution < -0.4 is 10.3 Å². The standard InChI is InChI=1S/C22H29N3O6/c1-21(2,3)31-20(28)17-12-16(24-25(17)15-8-6-5-7-9-15)19(27)23-22(10-11-30-14-22)13-18(26)29-4/h5-9,17H,10-14H2,1-4H3,(H,23,27). The molecule has 2 unspecified atom stereocenters. The molecule has 2 atom stereocenters. The number of anilines is 1. The molecule has 2 aliphatic rings. The molecule has 2 aliphatic heterocycles. The summed E-state index contributed by atoms with van der Waals surface area (Å²) in [6.45, 7) is 6.01. The van der Waals surface area contributed by atoms with Crippen LogP contribution in [-0.4, -0.2) is 61.1 Å². The molecule has 0 bridgehead atoms. The van der Waals surface area contributed by atoms with Crippen molar-refractivity contribution in [2.45, 2.75) is 57.2 Å². The number of rotatable bonds is 6. The summed E-state index contributed by atoms with van der Waals surface area (Å²) in [5.74, 6) is -1.34. The van der Waals surface area contributed by atoms with Gasteiger partial charge in [0.25, 0.3) is 5.91 Å². The number of benzene rings is 1. The highest BCUT2D eigenvalue weighted by molar-refractivity contribution is 6.40. The Morgan fingerprint density at radius 1 is 1.26 bits per heavy atom. The summed E-state index contributed by atoms with van der Waals surface area (Å²) in [4.78, 5) is 37.8. The van der Waals surface area contributed by atoms with Gasteiger partial charge in [-0.05, 0) is 39.3 Å². The summed E-state index contributed by atoms with van der Waals surface area (Å²) in [7, 11) is 1.30. The lowest BCUT2D eigenvalue weighted by molar-refractivity contribution is -0.156. The van der Waals surface area contributed by atoms with Gasteiger partial charge in [0.2, 0.25) is 0 Å². The van der Waals surface area contributed by atoms with Crippen molar-refractivity contribution in [3.63, 3.8) is 0 Å². The van der Waals surface area contributed by atoms with E-state index < -0.39 is 35.0 Å². The van der Waals surface area contributed by atoms with Gasteiger partial charge >= 0.3 is 11.9 Å². The molecule has 9 nitrogen and oxygen atoms in total. The molecule has 0 aromatic heterocycles. The van der Waals surface area contributed by atoms with E-state index in [0.29, 0.717) is 18.7 Å². The van der Waals surface area contributed by atoms with E-state index in [1.54, 1.807) is 20.8 Å². The molecule has 0 aliphatic carbocycles. The van der Waals surface area contributed by atoms with Crippen LogP contribution in [0.25, 0.3) is 0 Å². The highest BCUT2D eigenvalue weighted by Crippen LogP contribution is 2.28. The molecular formula is C22H29N3O6. The Morgan fingerprint density at radius 3 is 2.55 bits per heavy atom. The van der Waals surface area contributed by atoms with Gasteiger partial charge in [0.1, 0.15) is 11.3 Å². The van der Waals surface area contributed by atoms with Crippen molar-refractivity contribution in [3.8, 4) is 0 Å². The molecule has 0 spiro atoms. The number of carbonyl (C=O) groups is 3. The first kappa shape index (κ1) is 22.7. The second kappa shape index (κ2) is 9.05. The monoisotopic (exact) mass is 431 g/mol. The molecule has 1 aromatic rings. The number of hydrogen-bond donors (Lipinski definition) is 1. The number of amides is 1. The van der Waals surface area contributed by atoms with Crippen molar-refractivity contribution in [1.82, 2.24) is 5.32 Å². The number of para-hydroxylation sites is 1. The van der Waals surface area contributed by atoms with Crippen LogP contribution in [0.3, 0.4) is 0 Å². The topological polar surface area (TPSA) is 107 Å². The second-order valence-corrected chi connectivity index (χ2v) is 8.77. The van der Waals surface area contributed by atoms with Crippen molar-refractivity contribution in [3.05, 3.63) is 30.3 Å². The van der Waals surface area contributed by atoms with E-state index in [2.05, 4.69) is 10.4 Å². The molecular weight excluding hydrogens is 402 g/mol. The predicted molar refractivity (Wildman–Crippen MR) is 114 cm³/mol. The SMILES string of the molecule is COC(=O)CC1(NC(=O)C2=NN(c3ccccc3)C(C(=O)OC(C)(C)C)C2)CCOC1. The Labute approximate surface area is 181 Å². The van der Waals surface area contributed by atoms with Crippen LogP contribution >= 0.6 is 0 Å². The Bertz CT molecular complexity index is 856. The van der Waals surface area contributed by atoms with Gasteiger partial charge in [-0.15, -0.1) is 0 Å². The Morgan fingerprint density at radius 2 is 1.97 bits per heavy atom. The minimum Gasteiger partial charge on any atom is -0.469 e. The molecule has 0 radical (unpaired) electrons. The number of methoxy groups -OCH3 is 1. The third-order valence-electron chi connectivity index (χ3n) is 5.06. The van der Waals surface area contributed by atoms with Crippen LogP contribution in [0.15, 0.2) is 35.4 Å². The van der Waals surface area contributed by atoms with E-state index >= 15 is 0 Å². The van der Waals surface area contributed by atoms with Gasteiger partial charge in [-0.25, -0.2) is 4.79 Å². The van der Waals surface area contributed by atoms with Crippen LogP contribution in [0.4, 0.5) is 5.69 Å². The minimum absolute atomic E-state index is 0.000411. The minimum atomic E-state index is -0.853. The average Bonchev–Trinajstić information content (AvgIpc) is 3.35. The largest absolute Gasteiger partial charge is 0.469 e. The number of hydrazone groups is 1. The summed E-state index contributed by atoms with van der Waals surface area (Å²) in [6.07, 6.45) is 0.574. The number of hydrogen-bond acceptors (Lipinski definition) is 8. The van der Waals surface area contributed by atoms with E-state index in [-0.39, 0.29) is 25.2 Å². The molecule has 1 fully saturated rings. The molecule has 3 rings (SSSR count). The summed E-state index contributed by atoms with van der Waals surface area (Å²) < 4.78 is 15.8. The van der Waals surface area contributed by atoms with Gasteiger partial charge < -0.3 is 19.5 Å². The zero-order chi connectivity index (χ0) is 22.6. The van der Waals surface area contributed by atoms with E-state index in [1.165, 1.54) is 12.1 Å². The van der Waals surface area contributed by atoms with Gasteiger partial charge in [0.15, 0.2) is 6.04 Å². The fourth-order valence-corrected chi connectivity index (χ4v) is 3.57. The maximum Gasteiger partial charge on any atom is 0.331 e. The number of ether oxygens (including phenoxy) is 3. The third-order valence-corrected chi connectivity index (χ3v) is 5.06. The van der Waals surface area contributed by atoms with Gasteiger partial charge in [0, 0.05) is 13.0 Å². The highest BCUT2D eigenvalue weighted by Gasteiger charge is 2.43. The van der Waals surface area contributed by atoms with E-state index in [0.717, 1.165) is 0 Å². The molecule has 1 saturated heterocycles. The average molecular weight is 431 g/mol. The Balaban J connectivity index is 1.82. The Kier molecular flexibility index (Phi) is 6.64. The van der Waals surface area contributed by atoms with Crippen molar-refractivity contribution in [2.75, 3.05) is 25.3 Å². The van der Waals surface area contributed by atoms with Crippen molar-refractivity contribution >= 4 is 29.2 Å².